The molecule has 14 heavy (non-hydrogen) atoms. The zero-order valence-corrected chi connectivity index (χ0v) is 9.51. The lowest BCUT2D eigenvalue weighted by Gasteiger charge is -2.13. The van der Waals surface area contributed by atoms with Crippen LogP contribution in [-0.4, -0.2) is 6.10 Å². The quantitative estimate of drug-likeness (QED) is 0.837. The Hall–Kier alpha value is -0.730. The van der Waals surface area contributed by atoms with Crippen LogP contribution in [0.2, 0.25) is 5.02 Å². The molecule has 2 nitrogen and oxygen atoms in total. The fraction of sp³-hybridized carbons (Fsp3) is 0.455. The Kier molecular flexibility index (Phi) is 3.78. The summed E-state index contributed by atoms with van der Waals surface area (Å²) in [7, 11) is 0. The molecule has 0 saturated heterocycles. The number of rotatable bonds is 3. The van der Waals surface area contributed by atoms with Gasteiger partial charge in [-0.3, -0.25) is 0 Å². The molecule has 1 aromatic carbocycles. The third-order valence-corrected chi connectivity index (χ3v) is 2.14. The first kappa shape index (κ1) is 11.3. The second-order valence-corrected chi connectivity index (χ2v) is 4.05. The third-order valence-electron chi connectivity index (χ3n) is 1.84. The van der Waals surface area contributed by atoms with Crippen LogP contribution in [0, 0.1) is 0 Å². The fourth-order valence-corrected chi connectivity index (χ4v) is 1.38. The van der Waals surface area contributed by atoms with Crippen molar-refractivity contribution in [2.45, 2.75) is 32.9 Å². The highest BCUT2D eigenvalue weighted by atomic mass is 35.5. The molecule has 1 rings (SSSR count). The van der Waals surface area contributed by atoms with Crippen LogP contribution in [0.1, 0.15) is 32.4 Å². The zero-order valence-electron chi connectivity index (χ0n) is 8.75. The molecule has 0 saturated carbocycles. The van der Waals surface area contributed by atoms with Crippen molar-refractivity contribution in [2.24, 2.45) is 5.73 Å². The van der Waals surface area contributed by atoms with Gasteiger partial charge in [-0.25, -0.2) is 0 Å². The molecule has 0 unspecified atom stereocenters. The first-order valence-electron chi connectivity index (χ1n) is 4.72. The molecular formula is C11H16ClNO. The van der Waals surface area contributed by atoms with E-state index in [1.807, 2.05) is 39.0 Å². The second-order valence-electron chi connectivity index (χ2n) is 3.65. The van der Waals surface area contributed by atoms with Crippen LogP contribution in [0.3, 0.4) is 0 Å². The maximum atomic E-state index is 6.04. The van der Waals surface area contributed by atoms with Crippen molar-refractivity contribution in [3.8, 4) is 5.75 Å². The summed E-state index contributed by atoms with van der Waals surface area (Å²) in [5.74, 6) is 0.714. The number of ether oxygens (including phenoxy) is 1. The first-order chi connectivity index (χ1) is 6.50. The van der Waals surface area contributed by atoms with Crippen LogP contribution < -0.4 is 10.5 Å². The maximum Gasteiger partial charge on any atom is 0.138 e. The molecule has 1 aromatic rings. The molecule has 0 aliphatic heterocycles. The van der Waals surface area contributed by atoms with Crippen LogP contribution >= 0.6 is 11.6 Å². The van der Waals surface area contributed by atoms with Gasteiger partial charge in [0.15, 0.2) is 0 Å². The van der Waals surface area contributed by atoms with Crippen LogP contribution in [0.15, 0.2) is 18.2 Å². The van der Waals surface area contributed by atoms with Crippen molar-refractivity contribution in [3.63, 3.8) is 0 Å². The Morgan fingerprint density at radius 1 is 1.29 bits per heavy atom. The van der Waals surface area contributed by atoms with Gasteiger partial charge < -0.3 is 10.5 Å². The average molecular weight is 214 g/mol. The molecular weight excluding hydrogens is 198 g/mol. The molecule has 0 aliphatic rings. The molecule has 1 atom stereocenters. The van der Waals surface area contributed by atoms with Gasteiger partial charge in [-0.2, -0.15) is 0 Å². The van der Waals surface area contributed by atoms with E-state index in [1.165, 1.54) is 0 Å². The molecule has 0 amide bonds. The standard InChI is InChI=1S/C11H16ClNO/c1-7(2)14-11-5-4-9(8(3)13)6-10(11)12/h4-8H,13H2,1-3H3/t8-/m1/s1. The van der Waals surface area contributed by atoms with Crippen LogP contribution in [0.25, 0.3) is 0 Å². The Morgan fingerprint density at radius 3 is 2.36 bits per heavy atom. The number of halogens is 1. The van der Waals surface area contributed by atoms with E-state index in [4.69, 9.17) is 22.1 Å². The van der Waals surface area contributed by atoms with Crippen LogP contribution in [0.4, 0.5) is 0 Å². The minimum atomic E-state index is 0.000556. The SMILES string of the molecule is CC(C)Oc1ccc([C@@H](C)N)cc1Cl. The van der Waals surface area contributed by atoms with Gasteiger partial charge in [0.25, 0.3) is 0 Å². The number of benzene rings is 1. The van der Waals surface area contributed by atoms with Gasteiger partial charge in [0.1, 0.15) is 5.75 Å². The maximum absolute atomic E-state index is 6.04. The molecule has 0 aliphatic carbocycles. The number of nitrogens with two attached hydrogens (primary N) is 1. The van der Waals surface area contributed by atoms with E-state index in [-0.39, 0.29) is 12.1 Å². The fourth-order valence-electron chi connectivity index (χ4n) is 1.15. The van der Waals surface area contributed by atoms with Gasteiger partial charge in [-0.1, -0.05) is 17.7 Å². The summed E-state index contributed by atoms with van der Waals surface area (Å²) < 4.78 is 5.51. The van der Waals surface area contributed by atoms with E-state index in [9.17, 15) is 0 Å². The summed E-state index contributed by atoms with van der Waals surface area (Å²) in [4.78, 5) is 0. The van der Waals surface area contributed by atoms with Crippen molar-refractivity contribution in [3.05, 3.63) is 28.8 Å². The molecule has 0 heterocycles. The monoisotopic (exact) mass is 213 g/mol. The lowest BCUT2D eigenvalue weighted by atomic mass is 10.1. The Bertz CT molecular complexity index is 310. The van der Waals surface area contributed by atoms with Crippen LogP contribution in [0.5, 0.6) is 5.75 Å². The minimum Gasteiger partial charge on any atom is -0.489 e. The highest BCUT2D eigenvalue weighted by Gasteiger charge is 2.06. The molecule has 2 N–H and O–H groups in total. The van der Waals surface area contributed by atoms with Gasteiger partial charge >= 0.3 is 0 Å². The summed E-state index contributed by atoms with van der Waals surface area (Å²) in [6.07, 6.45) is 0.133. The van der Waals surface area contributed by atoms with E-state index in [0.717, 1.165) is 5.56 Å². The van der Waals surface area contributed by atoms with E-state index < -0.39 is 0 Å². The van der Waals surface area contributed by atoms with Crippen molar-refractivity contribution in [1.82, 2.24) is 0 Å². The molecule has 0 radical (unpaired) electrons. The largest absolute Gasteiger partial charge is 0.489 e. The zero-order chi connectivity index (χ0) is 10.7. The predicted molar refractivity (Wildman–Crippen MR) is 59.8 cm³/mol. The second kappa shape index (κ2) is 4.67. The van der Waals surface area contributed by atoms with Gasteiger partial charge in [0.05, 0.1) is 11.1 Å². The molecule has 0 fully saturated rings. The van der Waals surface area contributed by atoms with Gasteiger partial charge in [-0.05, 0) is 38.5 Å². The molecule has 0 bridgehead atoms. The van der Waals surface area contributed by atoms with Gasteiger partial charge in [-0.15, -0.1) is 0 Å². The average Bonchev–Trinajstić information content (AvgIpc) is 2.07. The van der Waals surface area contributed by atoms with Crippen molar-refractivity contribution < 1.29 is 4.74 Å². The molecule has 0 aromatic heterocycles. The Labute approximate surface area is 90.0 Å². The third kappa shape index (κ3) is 2.89. The summed E-state index contributed by atoms with van der Waals surface area (Å²) >= 11 is 6.04. The Morgan fingerprint density at radius 2 is 1.93 bits per heavy atom. The topological polar surface area (TPSA) is 35.2 Å². The van der Waals surface area contributed by atoms with Crippen molar-refractivity contribution in [1.29, 1.82) is 0 Å². The summed E-state index contributed by atoms with van der Waals surface area (Å²) in [6, 6.07) is 5.65. The van der Waals surface area contributed by atoms with Crippen molar-refractivity contribution >= 4 is 11.6 Å². The predicted octanol–water partition coefficient (Wildman–Crippen LogP) is 3.15. The normalized spacial score (nSPS) is 13.0. The highest BCUT2D eigenvalue weighted by Crippen LogP contribution is 2.27. The molecule has 78 valence electrons. The van der Waals surface area contributed by atoms with E-state index in [2.05, 4.69) is 0 Å². The van der Waals surface area contributed by atoms with E-state index >= 15 is 0 Å². The smallest absolute Gasteiger partial charge is 0.138 e. The first-order valence-corrected chi connectivity index (χ1v) is 5.10. The Balaban J connectivity index is 2.90. The lowest BCUT2D eigenvalue weighted by Crippen LogP contribution is -2.08. The van der Waals surface area contributed by atoms with Crippen LogP contribution in [-0.2, 0) is 0 Å². The summed E-state index contributed by atoms with van der Waals surface area (Å²) in [5.41, 5.74) is 6.75. The number of hydrogen-bond acceptors (Lipinski definition) is 2. The molecule has 0 spiro atoms. The van der Waals surface area contributed by atoms with E-state index in [0.29, 0.717) is 10.8 Å². The van der Waals surface area contributed by atoms with E-state index in [1.54, 1.807) is 0 Å². The lowest BCUT2D eigenvalue weighted by molar-refractivity contribution is 0.242. The summed E-state index contributed by atoms with van der Waals surface area (Å²) in [6.45, 7) is 5.86. The van der Waals surface area contributed by atoms with Gasteiger partial charge in [0, 0.05) is 6.04 Å². The summed E-state index contributed by atoms with van der Waals surface area (Å²) in [5, 5.41) is 0.619. The van der Waals surface area contributed by atoms with Gasteiger partial charge in [0.2, 0.25) is 0 Å². The number of hydrogen-bond donors (Lipinski definition) is 1. The molecule has 3 heteroatoms. The minimum absolute atomic E-state index is 0.000556. The highest BCUT2D eigenvalue weighted by molar-refractivity contribution is 6.32. The van der Waals surface area contributed by atoms with Crippen molar-refractivity contribution in [2.75, 3.05) is 0 Å².